The molecular weight excluding hydrogens is 383 g/mol. The Morgan fingerprint density at radius 3 is 2.63 bits per heavy atom. The minimum atomic E-state index is -0.893. The molecule has 0 saturated heterocycles. The number of ether oxygens (including phenoxy) is 1. The maximum Gasteiger partial charge on any atom is 0.304 e. The van der Waals surface area contributed by atoms with Crippen LogP contribution in [-0.4, -0.2) is 21.0 Å². The summed E-state index contributed by atoms with van der Waals surface area (Å²) in [7, 11) is 0. The second-order valence-corrected chi connectivity index (χ2v) is 7.61. The summed E-state index contributed by atoms with van der Waals surface area (Å²) in [6, 6.07) is 9.07. The van der Waals surface area contributed by atoms with E-state index in [9.17, 15) is 9.18 Å². The second kappa shape index (κ2) is 9.45. The molecule has 1 aromatic carbocycles. The first-order valence-electron chi connectivity index (χ1n) is 9.91. The van der Waals surface area contributed by atoms with Crippen molar-refractivity contribution in [3.05, 3.63) is 59.7 Å². The number of aromatic nitrogens is 2. The number of carboxylic acids is 1. The van der Waals surface area contributed by atoms with Gasteiger partial charge in [-0.1, -0.05) is 31.9 Å². The van der Waals surface area contributed by atoms with E-state index in [0.29, 0.717) is 29.1 Å². The van der Waals surface area contributed by atoms with Gasteiger partial charge in [-0.2, -0.15) is 0 Å². The molecular formula is C24H25FN2O3. The van der Waals surface area contributed by atoms with Crippen molar-refractivity contribution in [2.24, 2.45) is 5.92 Å². The number of aromatic amines is 1. The van der Waals surface area contributed by atoms with Gasteiger partial charge in [0.05, 0.1) is 17.7 Å². The third kappa shape index (κ3) is 4.98. The second-order valence-electron chi connectivity index (χ2n) is 7.61. The van der Waals surface area contributed by atoms with Crippen LogP contribution in [0.1, 0.15) is 56.8 Å². The number of carbonyl (C=O) groups is 1. The monoisotopic (exact) mass is 408 g/mol. The molecule has 2 aromatic heterocycles. The number of rotatable bonds is 8. The summed E-state index contributed by atoms with van der Waals surface area (Å²) in [6.07, 6.45) is 3.25. The SMILES string of the molecule is CC#CC(CC(=O)O)c1ccc(O[C@@H](CC(C)C)c2ccnc3[nH]cc(F)c23)cc1. The molecule has 5 nitrogen and oxygen atoms in total. The van der Waals surface area contributed by atoms with E-state index in [1.165, 1.54) is 6.20 Å². The quantitative estimate of drug-likeness (QED) is 0.486. The molecule has 30 heavy (non-hydrogen) atoms. The van der Waals surface area contributed by atoms with Gasteiger partial charge in [0.1, 0.15) is 17.5 Å². The minimum Gasteiger partial charge on any atom is -0.486 e. The van der Waals surface area contributed by atoms with Crippen molar-refractivity contribution in [2.45, 2.75) is 45.6 Å². The Morgan fingerprint density at radius 2 is 2.00 bits per heavy atom. The van der Waals surface area contributed by atoms with Crippen LogP contribution in [0.5, 0.6) is 5.75 Å². The Kier molecular flexibility index (Phi) is 6.73. The highest BCUT2D eigenvalue weighted by Crippen LogP contribution is 2.33. The van der Waals surface area contributed by atoms with Crippen LogP contribution in [0.3, 0.4) is 0 Å². The van der Waals surface area contributed by atoms with Gasteiger partial charge in [-0.05, 0) is 43.0 Å². The van der Waals surface area contributed by atoms with Gasteiger partial charge < -0.3 is 14.8 Å². The van der Waals surface area contributed by atoms with Gasteiger partial charge in [0, 0.05) is 18.0 Å². The lowest BCUT2D eigenvalue weighted by atomic mass is 9.96. The molecule has 3 rings (SSSR count). The highest BCUT2D eigenvalue weighted by Gasteiger charge is 2.21. The topological polar surface area (TPSA) is 75.2 Å². The van der Waals surface area contributed by atoms with Crippen LogP contribution in [0.4, 0.5) is 4.39 Å². The Labute approximate surface area is 175 Å². The zero-order chi connectivity index (χ0) is 21.7. The van der Waals surface area contributed by atoms with E-state index in [1.54, 1.807) is 31.3 Å². The number of aliphatic carboxylic acids is 1. The number of hydrogen-bond donors (Lipinski definition) is 2. The molecule has 2 N–H and O–H groups in total. The lowest BCUT2D eigenvalue weighted by Gasteiger charge is -2.22. The molecule has 0 radical (unpaired) electrons. The zero-order valence-corrected chi connectivity index (χ0v) is 17.3. The summed E-state index contributed by atoms with van der Waals surface area (Å²) in [5.74, 6) is 5.08. The molecule has 0 fully saturated rings. The minimum absolute atomic E-state index is 0.0568. The third-order valence-corrected chi connectivity index (χ3v) is 4.85. The molecule has 0 bridgehead atoms. The fraction of sp³-hybridized carbons (Fsp3) is 0.333. The molecule has 2 atom stereocenters. The van der Waals surface area contributed by atoms with Crippen molar-refractivity contribution in [1.29, 1.82) is 0 Å². The van der Waals surface area contributed by atoms with Crippen LogP contribution in [0.25, 0.3) is 11.0 Å². The summed E-state index contributed by atoms with van der Waals surface area (Å²) in [5, 5.41) is 9.56. The predicted octanol–water partition coefficient (Wildman–Crippen LogP) is 5.45. The molecule has 0 saturated carbocycles. The molecule has 0 amide bonds. The van der Waals surface area contributed by atoms with Crippen LogP contribution in [-0.2, 0) is 4.79 Å². The average molecular weight is 408 g/mol. The third-order valence-electron chi connectivity index (χ3n) is 4.85. The van der Waals surface area contributed by atoms with Gasteiger partial charge in [0.25, 0.3) is 0 Å². The van der Waals surface area contributed by atoms with E-state index in [2.05, 4.69) is 35.7 Å². The maximum atomic E-state index is 14.4. The maximum absolute atomic E-state index is 14.4. The van der Waals surface area contributed by atoms with Crippen LogP contribution in [0, 0.1) is 23.6 Å². The fourth-order valence-corrected chi connectivity index (χ4v) is 3.52. The van der Waals surface area contributed by atoms with Crippen molar-refractivity contribution in [3.63, 3.8) is 0 Å². The van der Waals surface area contributed by atoms with Crippen LogP contribution >= 0.6 is 0 Å². The fourth-order valence-electron chi connectivity index (χ4n) is 3.52. The van der Waals surface area contributed by atoms with Crippen LogP contribution < -0.4 is 4.74 Å². The Morgan fingerprint density at radius 1 is 1.27 bits per heavy atom. The van der Waals surface area contributed by atoms with E-state index in [0.717, 1.165) is 11.1 Å². The number of hydrogen-bond acceptors (Lipinski definition) is 3. The standard InChI is InChI=1S/C24H25FN2O3/c1-4-5-17(13-22(28)29)16-6-8-18(9-7-16)30-21(12-15(2)3)19-10-11-26-24-23(19)20(25)14-27-24/h6-11,14-15,17,21H,12-13H2,1-3H3,(H,26,27)(H,28,29)/t17?,21-/m0/s1. The molecule has 2 heterocycles. The number of nitrogens with one attached hydrogen (secondary N) is 1. The van der Waals surface area contributed by atoms with Gasteiger partial charge in [-0.3, -0.25) is 4.79 Å². The van der Waals surface area contributed by atoms with Gasteiger partial charge in [0.15, 0.2) is 5.82 Å². The van der Waals surface area contributed by atoms with E-state index in [1.807, 2.05) is 12.1 Å². The number of pyridine rings is 1. The number of H-pyrrole nitrogens is 1. The number of nitrogens with zero attached hydrogens (tertiary/aromatic N) is 1. The lowest BCUT2D eigenvalue weighted by Crippen LogP contribution is -2.12. The van der Waals surface area contributed by atoms with E-state index >= 15 is 0 Å². The van der Waals surface area contributed by atoms with Crippen molar-refractivity contribution < 1.29 is 19.0 Å². The highest BCUT2D eigenvalue weighted by molar-refractivity contribution is 5.80. The van der Waals surface area contributed by atoms with E-state index in [-0.39, 0.29) is 24.3 Å². The summed E-state index contributed by atoms with van der Waals surface area (Å²) in [5.41, 5.74) is 2.06. The van der Waals surface area contributed by atoms with Gasteiger partial charge >= 0.3 is 5.97 Å². The molecule has 1 unspecified atom stereocenters. The summed E-state index contributed by atoms with van der Waals surface area (Å²) in [4.78, 5) is 18.1. The van der Waals surface area contributed by atoms with E-state index < -0.39 is 5.97 Å². The lowest BCUT2D eigenvalue weighted by molar-refractivity contribution is -0.137. The first kappa shape index (κ1) is 21.4. The Bertz CT molecular complexity index is 1080. The molecule has 156 valence electrons. The van der Waals surface area contributed by atoms with Gasteiger partial charge in [-0.25, -0.2) is 9.37 Å². The predicted molar refractivity (Wildman–Crippen MR) is 114 cm³/mol. The highest BCUT2D eigenvalue weighted by atomic mass is 19.1. The number of fused-ring (bicyclic) bond motifs is 1. The molecule has 6 heteroatoms. The summed E-state index contributed by atoms with van der Waals surface area (Å²) in [6.45, 7) is 5.87. The van der Waals surface area contributed by atoms with Gasteiger partial charge in [-0.15, -0.1) is 5.92 Å². The summed E-state index contributed by atoms with van der Waals surface area (Å²) >= 11 is 0. The first-order chi connectivity index (χ1) is 14.4. The summed E-state index contributed by atoms with van der Waals surface area (Å²) < 4.78 is 20.6. The van der Waals surface area contributed by atoms with E-state index in [4.69, 9.17) is 9.84 Å². The Hall–Kier alpha value is -3.33. The molecule has 0 aliphatic carbocycles. The van der Waals surface area contributed by atoms with Gasteiger partial charge in [0.2, 0.25) is 0 Å². The smallest absolute Gasteiger partial charge is 0.304 e. The molecule has 0 spiro atoms. The number of carboxylic acid groups (broad SMARTS) is 1. The van der Waals surface area contributed by atoms with Crippen LogP contribution in [0.2, 0.25) is 0 Å². The largest absolute Gasteiger partial charge is 0.486 e. The molecule has 0 aliphatic heterocycles. The molecule has 0 aliphatic rings. The van der Waals surface area contributed by atoms with Crippen LogP contribution in [0.15, 0.2) is 42.7 Å². The van der Waals surface area contributed by atoms with Crippen molar-refractivity contribution in [3.8, 4) is 17.6 Å². The Balaban J connectivity index is 1.89. The first-order valence-corrected chi connectivity index (χ1v) is 9.91. The molecule has 3 aromatic rings. The average Bonchev–Trinajstić information content (AvgIpc) is 3.08. The van der Waals surface area contributed by atoms with Crippen molar-refractivity contribution >= 4 is 17.0 Å². The number of benzene rings is 1. The normalized spacial score (nSPS) is 13.0. The van der Waals surface area contributed by atoms with Crippen molar-refractivity contribution in [1.82, 2.24) is 9.97 Å². The zero-order valence-electron chi connectivity index (χ0n) is 17.3. The van der Waals surface area contributed by atoms with Crippen molar-refractivity contribution in [2.75, 3.05) is 0 Å². The number of halogens is 1.